The predicted octanol–water partition coefficient (Wildman–Crippen LogP) is 4.23. The maximum atomic E-state index is 13.3. The fraction of sp³-hybridized carbons (Fsp3) is 0.304. The van der Waals surface area contributed by atoms with Crippen LogP contribution in [0.4, 0.5) is 0 Å². The number of hydrogen-bond acceptors (Lipinski definition) is 5. The quantitative estimate of drug-likeness (QED) is 0.600. The third-order valence-electron chi connectivity index (χ3n) is 4.93. The lowest BCUT2D eigenvalue weighted by Crippen LogP contribution is -2.31. The van der Waals surface area contributed by atoms with Gasteiger partial charge in [-0.15, -0.1) is 0 Å². The summed E-state index contributed by atoms with van der Waals surface area (Å²) in [5, 5.41) is 0.875. The van der Waals surface area contributed by atoms with E-state index in [1.165, 1.54) is 0 Å². The number of aromatic nitrogens is 1. The van der Waals surface area contributed by atoms with Crippen LogP contribution in [0.5, 0.6) is 17.2 Å². The summed E-state index contributed by atoms with van der Waals surface area (Å²) in [5.41, 5.74) is 3.10. The molecule has 29 heavy (non-hydrogen) atoms. The highest BCUT2D eigenvalue weighted by Crippen LogP contribution is 2.28. The van der Waals surface area contributed by atoms with Gasteiger partial charge in [-0.25, -0.2) is 0 Å². The summed E-state index contributed by atoms with van der Waals surface area (Å²) in [6, 6.07) is 13.2. The molecule has 0 fully saturated rings. The van der Waals surface area contributed by atoms with Crippen molar-refractivity contribution < 1.29 is 19.0 Å². The minimum absolute atomic E-state index is 0.0583. The molecule has 0 N–H and O–H groups in total. The molecular formula is C23H26N2O4. The number of aryl methyl sites for hydroxylation is 1. The topological polar surface area (TPSA) is 60.9 Å². The SMILES string of the molecule is CCN(Cc1ccc(OC)c(OC)c1)C(=O)c1cc2cc(OC)ccc2nc1C. The zero-order chi connectivity index (χ0) is 21.0. The highest BCUT2D eigenvalue weighted by molar-refractivity contribution is 5.98. The van der Waals surface area contributed by atoms with Crippen LogP contribution in [0, 0.1) is 6.92 Å². The first-order valence-electron chi connectivity index (χ1n) is 9.46. The molecular weight excluding hydrogens is 368 g/mol. The van der Waals surface area contributed by atoms with Crippen LogP contribution in [0.15, 0.2) is 42.5 Å². The van der Waals surface area contributed by atoms with E-state index in [1.807, 2.05) is 56.3 Å². The van der Waals surface area contributed by atoms with E-state index in [1.54, 1.807) is 26.2 Å². The number of amides is 1. The Balaban J connectivity index is 1.92. The van der Waals surface area contributed by atoms with E-state index in [0.717, 1.165) is 22.2 Å². The molecule has 0 aliphatic carbocycles. The molecule has 1 aromatic heterocycles. The van der Waals surface area contributed by atoms with Crippen LogP contribution >= 0.6 is 0 Å². The molecule has 0 saturated heterocycles. The number of hydrogen-bond donors (Lipinski definition) is 0. The van der Waals surface area contributed by atoms with E-state index < -0.39 is 0 Å². The van der Waals surface area contributed by atoms with Gasteiger partial charge in [0.2, 0.25) is 0 Å². The lowest BCUT2D eigenvalue weighted by molar-refractivity contribution is 0.0751. The number of rotatable bonds is 7. The van der Waals surface area contributed by atoms with Gasteiger partial charge in [-0.3, -0.25) is 9.78 Å². The van der Waals surface area contributed by atoms with Crippen LogP contribution in [0.1, 0.15) is 28.5 Å². The van der Waals surface area contributed by atoms with Crippen molar-refractivity contribution in [2.45, 2.75) is 20.4 Å². The Hall–Kier alpha value is -3.28. The molecule has 0 bridgehead atoms. The van der Waals surface area contributed by atoms with E-state index in [-0.39, 0.29) is 5.91 Å². The first-order valence-corrected chi connectivity index (χ1v) is 9.46. The summed E-state index contributed by atoms with van der Waals surface area (Å²) < 4.78 is 16.0. The molecule has 1 amide bonds. The van der Waals surface area contributed by atoms with Crippen molar-refractivity contribution >= 4 is 16.8 Å². The molecule has 0 aliphatic heterocycles. The molecule has 0 aliphatic rings. The van der Waals surface area contributed by atoms with Gasteiger partial charge >= 0.3 is 0 Å². The fourth-order valence-corrected chi connectivity index (χ4v) is 3.29. The Kier molecular flexibility index (Phi) is 6.22. The van der Waals surface area contributed by atoms with Crippen molar-refractivity contribution in [3.8, 4) is 17.2 Å². The highest BCUT2D eigenvalue weighted by Gasteiger charge is 2.19. The van der Waals surface area contributed by atoms with Gasteiger partial charge < -0.3 is 19.1 Å². The molecule has 6 heteroatoms. The van der Waals surface area contributed by atoms with Crippen LogP contribution < -0.4 is 14.2 Å². The van der Waals surface area contributed by atoms with Crippen molar-refractivity contribution in [2.24, 2.45) is 0 Å². The second kappa shape index (κ2) is 8.82. The monoisotopic (exact) mass is 394 g/mol. The number of carbonyl (C=O) groups excluding carboxylic acids is 1. The molecule has 3 rings (SSSR count). The fourth-order valence-electron chi connectivity index (χ4n) is 3.29. The van der Waals surface area contributed by atoms with E-state index in [0.29, 0.717) is 35.8 Å². The smallest absolute Gasteiger partial charge is 0.256 e. The summed E-state index contributed by atoms with van der Waals surface area (Å²) >= 11 is 0. The molecule has 2 aromatic carbocycles. The van der Waals surface area contributed by atoms with E-state index in [2.05, 4.69) is 4.98 Å². The van der Waals surface area contributed by atoms with E-state index >= 15 is 0 Å². The number of benzene rings is 2. The van der Waals surface area contributed by atoms with Crippen LogP contribution in [0.2, 0.25) is 0 Å². The third-order valence-corrected chi connectivity index (χ3v) is 4.93. The zero-order valence-corrected chi connectivity index (χ0v) is 17.5. The number of nitrogens with zero attached hydrogens (tertiary/aromatic N) is 2. The van der Waals surface area contributed by atoms with Crippen molar-refractivity contribution in [1.82, 2.24) is 9.88 Å². The molecule has 152 valence electrons. The first-order chi connectivity index (χ1) is 14.0. The normalized spacial score (nSPS) is 10.7. The van der Waals surface area contributed by atoms with Gasteiger partial charge in [0.05, 0.1) is 38.1 Å². The molecule has 6 nitrogen and oxygen atoms in total. The summed E-state index contributed by atoms with van der Waals surface area (Å²) in [4.78, 5) is 19.7. The van der Waals surface area contributed by atoms with Gasteiger partial charge in [0.15, 0.2) is 11.5 Å². The van der Waals surface area contributed by atoms with Crippen molar-refractivity contribution in [1.29, 1.82) is 0 Å². The van der Waals surface area contributed by atoms with Gasteiger partial charge in [0, 0.05) is 18.5 Å². The molecule has 1 heterocycles. The predicted molar refractivity (Wildman–Crippen MR) is 113 cm³/mol. The van der Waals surface area contributed by atoms with Gasteiger partial charge in [-0.05, 0) is 55.8 Å². The average Bonchev–Trinajstić information content (AvgIpc) is 2.75. The maximum Gasteiger partial charge on any atom is 0.256 e. The Morgan fingerprint density at radius 1 is 0.966 bits per heavy atom. The largest absolute Gasteiger partial charge is 0.497 e. The Bertz CT molecular complexity index is 1030. The van der Waals surface area contributed by atoms with Crippen molar-refractivity contribution in [3.05, 3.63) is 59.3 Å². The molecule has 0 saturated carbocycles. The lowest BCUT2D eigenvalue weighted by Gasteiger charge is -2.22. The number of ether oxygens (including phenoxy) is 3. The maximum absolute atomic E-state index is 13.3. The van der Waals surface area contributed by atoms with Crippen LogP contribution in [-0.2, 0) is 6.54 Å². The molecule has 0 unspecified atom stereocenters. The van der Waals surface area contributed by atoms with Crippen LogP contribution in [0.3, 0.4) is 0 Å². The van der Waals surface area contributed by atoms with Crippen molar-refractivity contribution in [3.63, 3.8) is 0 Å². The Morgan fingerprint density at radius 3 is 2.38 bits per heavy atom. The molecule has 0 radical (unpaired) electrons. The van der Waals surface area contributed by atoms with Crippen LogP contribution in [-0.4, -0.2) is 43.7 Å². The van der Waals surface area contributed by atoms with Gasteiger partial charge in [0.1, 0.15) is 5.75 Å². The number of fused-ring (bicyclic) bond motifs is 1. The zero-order valence-electron chi connectivity index (χ0n) is 17.5. The lowest BCUT2D eigenvalue weighted by atomic mass is 10.1. The summed E-state index contributed by atoms with van der Waals surface area (Å²) in [5.74, 6) is 1.98. The second-order valence-electron chi connectivity index (χ2n) is 6.69. The van der Waals surface area contributed by atoms with E-state index in [9.17, 15) is 4.79 Å². The summed E-state index contributed by atoms with van der Waals surface area (Å²) in [7, 11) is 4.82. The second-order valence-corrected chi connectivity index (χ2v) is 6.69. The highest BCUT2D eigenvalue weighted by atomic mass is 16.5. The van der Waals surface area contributed by atoms with Gasteiger partial charge in [-0.2, -0.15) is 0 Å². The summed E-state index contributed by atoms with van der Waals surface area (Å²) in [6.07, 6.45) is 0. The Labute approximate surface area is 171 Å². The van der Waals surface area contributed by atoms with Crippen molar-refractivity contribution in [2.75, 3.05) is 27.9 Å². The first kappa shape index (κ1) is 20.5. The number of methoxy groups -OCH3 is 3. The van der Waals surface area contributed by atoms with Gasteiger partial charge in [0.25, 0.3) is 5.91 Å². The minimum Gasteiger partial charge on any atom is -0.497 e. The standard InChI is InChI=1S/C23H26N2O4/c1-6-25(14-16-7-10-21(28-4)22(11-16)29-5)23(26)19-13-17-12-18(27-3)8-9-20(17)24-15(19)2/h7-13H,6,14H2,1-5H3. The van der Waals surface area contributed by atoms with Crippen LogP contribution in [0.25, 0.3) is 10.9 Å². The molecule has 3 aromatic rings. The molecule has 0 spiro atoms. The molecule has 0 atom stereocenters. The summed E-state index contributed by atoms with van der Waals surface area (Å²) in [6.45, 7) is 4.86. The number of carbonyl (C=O) groups is 1. The third kappa shape index (κ3) is 4.26. The Morgan fingerprint density at radius 2 is 1.72 bits per heavy atom. The average molecular weight is 394 g/mol. The van der Waals surface area contributed by atoms with E-state index in [4.69, 9.17) is 14.2 Å². The number of pyridine rings is 1. The minimum atomic E-state index is -0.0583. The van der Waals surface area contributed by atoms with Gasteiger partial charge in [-0.1, -0.05) is 6.07 Å².